The van der Waals surface area contributed by atoms with Crippen molar-refractivity contribution in [2.24, 2.45) is 0 Å². The lowest BCUT2D eigenvalue weighted by atomic mass is 10.2. The Balaban J connectivity index is 0.000000200. The highest BCUT2D eigenvalue weighted by atomic mass is 35.5. The number of likely N-dealkylation sites (N-methyl/N-ethyl adjacent to an activating group) is 3. The number of allylic oxidation sites excluding steroid dienone is 1. The lowest BCUT2D eigenvalue weighted by Crippen LogP contribution is -2.34. The number of imidazole rings is 3. The van der Waals surface area contributed by atoms with E-state index in [0.29, 0.717) is 141 Å². The van der Waals surface area contributed by atoms with E-state index in [9.17, 15) is 28.8 Å². The molecule has 652 valence electrons. The zero-order valence-electron chi connectivity index (χ0n) is 72.4. The van der Waals surface area contributed by atoms with Gasteiger partial charge in [-0.25, -0.2) is 62.8 Å². The Morgan fingerprint density at radius 2 is 0.780 bits per heavy atom. The van der Waals surface area contributed by atoms with E-state index >= 15 is 0 Å². The molecule has 0 bridgehead atoms. The maximum absolute atomic E-state index is 14.1. The highest BCUT2D eigenvalue weighted by molar-refractivity contribution is 6.66. The minimum absolute atomic E-state index is 0.124. The monoisotopic (exact) mass is 1710 g/mol. The number of benzene rings is 6. The molecule has 36 nitrogen and oxygen atoms in total. The van der Waals surface area contributed by atoms with Crippen molar-refractivity contribution in [2.45, 2.75) is 47.1 Å². The number of aromatic nitrogens is 12. The summed E-state index contributed by atoms with van der Waals surface area (Å²) in [6.07, 6.45) is 9.73. The van der Waals surface area contributed by atoms with E-state index in [1.807, 2.05) is 95.2 Å². The van der Waals surface area contributed by atoms with Crippen molar-refractivity contribution in [1.29, 1.82) is 0 Å². The minimum atomic E-state index is -0.700. The van der Waals surface area contributed by atoms with Gasteiger partial charge in [0.2, 0.25) is 11.1 Å². The standard InChI is InChI=1S/C29H35N7O5.C28H34N6O6.C23H26N6O4.C6H10ClNO/c1-19-9-10-20(17-24(19)40-6)35-26-27(30)31-18-32-28(26)36(29(35)38)22-14-21(15-23(16-22)41-13-12-39-5)34(4)25(37)8-7-11-33(2)3;1-17-8-9-18(15-22(17)38-7)33-23-24(29)30-16-31-25(23)34(26(33)35)20-12-19(13-21(14-20)39-11-10-37-6)32(5)27(36)40-28(2,3)4;1-14-5-6-16(12-19(14)32-4)28-20-21(24)26-13-27-22(20)29(23(28)30)17-9-15(25-2)10-18(11-17)33-8-7-31-3;1-8(2)5-3-4-6(7)9/h7-10,14-18H,11-13H2,1-6H3,(H2,30,31,32);8-9,12-16H,10-11H2,1-7H3,(H2,29,30,31);5-6,9-13,25H,7-8H2,1-4H3,(H2,24,26,27);3-4H,5H2,1-2H3/b8-7+;;;4-3+. The molecule has 0 spiro atoms. The van der Waals surface area contributed by atoms with Crippen LogP contribution in [0.15, 0.2) is 167 Å². The van der Waals surface area contributed by atoms with Crippen LogP contribution in [0.2, 0.25) is 0 Å². The Morgan fingerprint density at radius 1 is 0.439 bits per heavy atom. The third kappa shape index (κ3) is 22.9. The third-order valence-corrected chi connectivity index (χ3v) is 18.6. The minimum Gasteiger partial charge on any atom is -0.496 e. The van der Waals surface area contributed by atoms with Gasteiger partial charge in [0, 0.05) is 128 Å². The van der Waals surface area contributed by atoms with Crippen LogP contribution >= 0.6 is 11.6 Å². The number of carbonyl (C=O) groups excluding carboxylic acids is 3. The second-order valence-electron chi connectivity index (χ2n) is 29.0. The molecule has 0 aliphatic carbocycles. The molecule has 0 radical (unpaired) electrons. The van der Waals surface area contributed by atoms with E-state index in [1.54, 1.807) is 170 Å². The van der Waals surface area contributed by atoms with Gasteiger partial charge in [0.05, 0.1) is 81.0 Å². The molecule has 0 atom stereocenters. The lowest BCUT2D eigenvalue weighted by molar-refractivity contribution is -0.114. The summed E-state index contributed by atoms with van der Waals surface area (Å²) in [4.78, 5) is 110. The molecule has 123 heavy (non-hydrogen) atoms. The molecule has 0 saturated heterocycles. The number of rotatable bonds is 30. The molecule has 0 unspecified atom stereocenters. The molecule has 0 fully saturated rings. The number of ether oxygens (including phenoxy) is 10. The van der Waals surface area contributed by atoms with Gasteiger partial charge in [-0.15, -0.1) is 0 Å². The fraction of sp³-hybridized carbons (Fsp3) is 0.326. The van der Waals surface area contributed by atoms with E-state index in [0.717, 1.165) is 28.9 Å². The average molecular weight is 1710 g/mol. The van der Waals surface area contributed by atoms with Gasteiger partial charge in [0.15, 0.2) is 34.4 Å². The van der Waals surface area contributed by atoms with E-state index in [4.69, 9.17) is 76.2 Å². The zero-order chi connectivity index (χ0) is 89.7. The summed E-state index contributed by atoms with van der Waals surface area (Å²) in [6.45, 7) is 14.5. The molecule has 0 saturated carbocycles. The predicted molar refractivity (Wildman–Crippen MR) is 476 cm³/mol. The second-order valence-corrected chi connectivity index (χ2v) is 29.4. The lowest BCUT2D eigenvalue weighted by Gasteiger charge is -2.25. The van der Waals surface area contributed by atoms with Crippen molar-refractivity contribution in [3.05, 3.63) is 201 Å². The molecule has 0 aliphatic rings. The van der Waals surface area contributed by atoms with Gasteiger partial charge in [-0.3, -0.25) is 28.2 Å². The number of methoxy groups -OCH3 is 6. The van der Waals surface area contributed by atoms with Crippen molar-refractivity contribution in [2.75, 3.05) is 177 Å². The van der Waals surface area contributed by atoms with E-state index in [2.05, 4.69) is 35.2 Å². The number of hydrogen-bond donors (Lipinski definition) is 4. The topological polar surface area (TPSA) is 405 Å². The quantitative estimate of drug-likeness (QED) is 0.0185. The Labute approximate surface area is 715 Å². The SMILES string of the molecule is CN(C)C/C=C/C(=O)Cl.CNc1cc(OCCOC)cc(-n2c(=O)n(-c3ccc(C)c(OC)c3)c3c(N)ncnc32)c1.COCCOc1cc(N(C)C(=O)/C=C/CN(C)C)cc(-n2c(=O)n(-c3ccc(C)c(OC)c3)c3c(N)ncnc32)c1.COCCOc1cc(N(C)C(=O)OC(C)(C)C)cc(-n2c(=O)n(-c3ccc(C)c(OC)c3)c3c(N)ncnc32)c1. The van der Waals surface area contributed by atoms with Crippen molar-refractivity contribution >= 4 is 96.9 Å². The van der Waals surface area contributed by atoms with E-state index in [-0.39, 0.29) is 47.9 Å². The first-order chi connectivity index (χ1) is 58.7. The first kappa shape index (κ1) is 93.2. The number of nitrogens with zero attached hydrogens (tertiary/aromatic N) is 16. The zero-order valence-corrected chi connectivity index (χ0v) is 73.1. The molecular weight excluding hydrogens is 1600 g/mol. The van der Waals surface area contributed by atoms with Gasteiger partial charge in [0.1, 0.15) is 95.5 Å². The van der Waals surface area contributed by atoms with Crippen LogP contribution in [0.1, 0.15) is 37.5 Å². The highest BCUT2D eigenvalue weighted by Gasteiger charge is 2.28. The number of hydrogen-bond acceptors (Lipinski definition) is 28. The van der Waals surface area contributed by atoms with Crippen LogP contribution in [-0.2, 0) is 28.5 Å². The van der Waals surface area contributed by atoms with Crippen LogP contribution in [-0.4, -0.2) is 235 Å². The van der Waals surface area contributed by atoms with Gasteiger partial charge in [-0.1, -0.05) is 30.4 Å². The summed E-state index contributed by atoms with van der Waals surface area (Å²) >= 11 is 5.02. The second kappa shape index (κ2) is 42.5. The van der Waals surface area contributed by atoms with Gasteiger partial charge in [-0.2, -0.15) is 0 Å². The normalized spacial score (nSPS) is 11.3. The number of halogens is 1. The van der Waals surface area contributed by atoms with Gasteiger partial charge in [-0.05, 0) is 140 Å². The molecule has 7 N–H and O–H groups in total. The molecule has 37 heteroatoms. The van der Waals surface area contributed by atoms with Crippen molar-refractivity contribution in [3.8, 4) is 68.6 Å². The third-order valence-electron chi connectivity index (χ3n) is 18.5. The van der Waals surface area contributed by atoms with Crippen LogP contribution in [0.5, 0.6) is 34.5 Å². The molecule has 6 aromatic heterocycles. The number of fused-ring (bicyclic) bond motifs is 3. The van der Waals surface area contributed by atoms with Gasteiger partial charge in [0.25, 0.3) is 0 Å². The first-order valence-electron chi connectivity index (χ1n) is 38.4. The summed E-state index contributed by atoms with van der Waals surface area (Å²) in [5.74, 6) is 3.53. The van der Waals surface area contributed by atoms with Crippen molar-refractivity contribution in [3.63, 3.8) is 0 Å². The van der Waals surface area contributed by atoms with Crippen molar-refractivity contribution in [1.82, 2.24) is 67.1 Å². The molecule has 12 rings (SSSR count). The summed E-state index contributed by atoms with van der Waals surface area (Å²) in [6, 6.07) is 32.0. The molecule has 6 aromatic carbocycles. The Kier molecular flexibility index (Phi) is 32.2. The number of nitrogens with one attached hydrogen (secondary N) is 1. The molecular formula is C86H105ClN20O16. The average Bonchev–Trinajstić information content (AvgIpc) is 1.60. The molecule has 2 amide bonds. The summed E-state index contributed by atoms with van der Waals surface area (Å²) in [7, 11) is 22.2. The molecule has 6 heterocycles. The number of nitrogens with two attached hydrogens (primary N) is 3. The van der Waals surface area contributed by atoms with Crippen LogP contribution < -0.4 is 77.8 Å². The fourth-order valence-electron chi connectivity index (χ4n) is 12.4. The number of anilines is 6. The number of nitrogen functional groups attached to an aromatic ring is 3. The largest absolute Gasteiger partial charge is 0.496 e. The van der Waals surface area contributed by atoms with Crippen LogP contribution in [0, 0.1) is 20.8 Å². The van der Waals surface area contributed by atoms with Gasteiger partial charge < -0.3 is 84.6 Å². The first-order valence-corrected chi connectivity index (χ1v) is 38.8. The number of aryl methyl sites for hydroxylation is 3. The number of amides is 2. The Bertz CT molecular complexity index is 6000. The molecule has 12 aromatic rings. The van der Waals surface area contributed by atoms with E-state index < -0.39 is 28.3 Å². The Hall–Kier alpha value is -13.7. The Morgan fingerprint density at radius 3 is 1.11 bits per heavy atom. The highest BCUT2D eigenvalue weighted by Crippen LogP contribution is 2.35. The molecule has 0 aliphatic heterocycles. The summed E-state index contributed by atoms with van der Waals surface area (Å²) in [5.41, 5.74) is 26.4. The summed E-state index contributed by atoms with van der Waals surface area (Å²) < 4.78 is 63.6. The predicted octanol–water partition coefficient (Wildman–Crippen LogP) is 9.85. The maximum atomic E-state index is 14.1. The van der Waals surface area contributed by atoms with Crippen LogP contribution in [0.25, 0.3) is 67.6 Å². The van der Waals surface area contributed by atoms with Crippen LogP contribution in [0.4, 0.5) is 39.3 Å². The number of carbonyl (C=O) groups is 3. The van der Waals surface area contributed by atoms with Crippen molar-refractivity contribution < 1.29 is 61.8 Å². The van der Waals surface area contributed by atoms with E-state index in [1.165, 1.54) is 68.3 Å². The van der Waals surface area contributed by atoms with Crippen LogP contribution in [0.3, 0.4) is 0 Å². The van der Waals surface area contributed by atoms with Gasteiger partial charge >= 0.3 is 23.2 Å². The fourth-order valence-corrected chi connectivity index (χ4v) is 12.5. The smallest absolute Gasteiger partial charge is 0.414 e. The summed E-state index contributed by atoms with van der Waals surface area (Å²) in [5, 5.41) is 2.68. The maximum Gasteiger partial charge on any atom is 0.414 e.